The van der Waals surface area contributed by atoms with Gasteiger partial charge in [-0.2, -0.15) is 0 Å². The maximum absolute atomic E-state index is 11.8. The first-order valence-electron chi connectivity index (χ1n) is 7.70. The number of nitrogens with zero attached hydrogens (tertiary/aromatic N) is 2. The fourth-order valence-corrected chi connectivity index (χ4v) is 2.64. The maximum Gasteiger partial charge on any atom is 0.321 e. The number of benzene rings is 1. The average molecular weight is 344 g/mol. The third-order valence-electron chi connectivity index (χ3n) is 3.02. The van der Waals surface area contributed by atoms with Gasteiger partial charge in [0, 0.05) is 17.8 Å². The van der Waals surface area contributed by atoms with Crippen molar-refractivity contribution in [2.24, 2.45) is 0 Å². The van der Waals surface area contributed by atoms with Crippen molar-refractivity contribution in [3.8, 4) is 11.3 Å². The summed E-state index contributed by atoms with van der Waals surface area (Å²) in [6, 6.07) is 11.2. The molecule has 1 heterocycles. The highest BCUT2D eigenvalue weighted by Crippen LogP contribution is 2.21. The second kappa shape index (κ2) is 9.02. The number of nitrogens with one attached hydrogen (secondary N) is 2. The molecule has 0 spiro atoms. The Balaban J connectivity index is 1.97. The van der Waals surface area contributed by atoms with Crippen LogP contribution >= 0.6 is 11.8 Å². The molecule has 24 heavy (non-hydrogen) atoms. The van der Waals surface area contributed by atoms with Crippen LogP contribution in [0.3, 0.4) is 0 Å². The van der Waals surface area contributed by atoms with E-state index in [1.165, 1.54) is 11.8 Å². The van der Waals surface area contributed by atoms with Crippen molar-refractivity contribution in [2.75, 3.05) is 12.3 Å². The zero-order chi connectivity index (χ0) is 17.4. The Morgan fingerprint density at radius 3 is 2.62 bits per heavy atom. The van der Waals surface area contributed by atoms with Gasteiger partial charge in [0.25, 0.3) is 0 Å². The number of carbonyl (C=O) groups excluding carboxylic acids is 2. The van der Waals surface area contributed by atoms with Crippen LogP contribution < -0.4 is 10.6 Å². The van der Waals surface area contributed by atoms with E-state index < -0.39 is 6.03 Å². The molecule has 2 aromatic rings. The molecular formula is C17H20N4O2S. The number of amides is 3. The lowest BCUT2D eigenvalue weighted by Gasteiger charge is -2.07. The van der Waals surface area contributed by atoms with E-state index in [0.29, 0.717) is 11.7 Å². The van der Waals surface area contributed by atoms with Crippen molar-refractivity contribution in [1.29, 1.82) is 0 Å². The minimum atomic E-state index is -0.474. The van der Waals surface area contributed by atoms with Crippen molar-refractivity contribution < 1.29 is 9.59 Å². The minimum absolute atomic E-state index is 0.0806. The van der Waals surface area contributed by atoms with Gasteiger partial charge in [-0.1, -0.05) is 49.0 Å². The van der Waals surface area contributed by atoms with E-state index in [9.17, 15) is 9.59 Å². The van der Waals surface area contributed by atoms with Crippen molar-refractivity contribution >= 4 is 23.7 Å². The van der Waals surface area contributed by atoms with Crippen LogP contribution in [0.25, 0.3) is 11.3 Å². The standard InChI is InChI=1S/C17H20N4O2S/c1-3-9-18-16(23)21-15(22)11-24-17-19-12(2)10-14(20-17)13-7-5-4-6-8-13/h4-8,10H,3,9,11H2,1-2H3,(H2,18,21,22,23). The molecule has 2 rings (SSSR count). The molecule has 0 saturated heterocycles. The van der Waals surface area contributed by atoms with E-state index in [1.54, 1.807) is 0 Å². The number of thioether (sulfide) groups is 1. The lowest BCUT2D eigenvalue weighted by molar-refractivity contribution is -0.117. The normalized spacial score (nSPS) is 10.2. The summed E-state index contributed by atoms with van der Waals surface area (Å²) in [5, 5.41) is 5.38. The van der Waals surface area contributed by atoms with Gasteiger partial charge >= 0.3 is 6.03 Å². The van der Waals surface area contributed by atoms with Gasteiger partial charge in [-0.15, -0.1) is 0 Å². The molecule has 0 atom stereocenters. The molecular weight excluding hydrogens is 324 g/mol. The Morgan fingerprint density at radius 2 is 1.92 bits per heavy atom. The average Bonchev–Trinajstić information content (AvgIpc) is 2.58. The molecule has 3 amide bonds. The molecule has 7 heteroatoms. The summed E-state index contributed by atoms with van der Waals surface area (Å²) < 4.78 is 0. The molecule has 0 aliphatic rings. The van der Waals surface area contributed by atoms with Gasteiger partial charge in [0.15, 0.2) is 5.16 Å². The lowest BCUT2D eigenvalue weighted by Crippen LogP contribution is -2.40. The van der Waals surface area contributed by atoms with Gasteiger partial charge in [-0.25, -0.2) is 14.8 Å². The summed E-state index contributed by atoms with van der Waals surface area (Å²) in [6.07, 6.45) is 0.815. The summed E-state index contributed by atoms with van der Waals surface area (Å²) in [5.41, 5.74) is 2.63. The number of rotatable bonds is 6. The SMILES string of the molecule is CCCNC(=O)NC(=O)CSc1nc(C)cc(-c2ccccc2)n1. The van der Waals surface area contributed by atoms with Crippen LogP contribution in [0.5, 0.6) is 0 Å². The van der Waals surface area contributed by atoms with Crippen molar-refractivity contribution in [1.82, 2.24) is 20.6 Å². The quantitative estimate of drug-likeness (QED) is 0.622. The highest BCUT2D eigenvalue weighted by atomic mass is 32.2. The number of urea groups is 1. The van der Waals surface area contributed by atoms with Crippen molar-refractivity contribution in [3.05, 3.63) is 42.1 Å². The molecule has 0 bridgehead atoms. The number of hydrogen-bond donors (Lipinski definition) is 2. The van der Waals surface area contributed by atoms with Crippen LogP contribution in [-0.4, -0.2) is 34.2 Å². The monoisotopic (exact) mass is 344 g/mol. The molecule has 0 radical (unpaired) electrons. The zero-order valence-corrected chi connectivity index (χ0v) is 14.5. The molecule has 1 aromatic heterocycles. The van der Waals surface area contributed by atoms with Gasteiger partial charge in [-0.05, 0) is 19.4 Å². The number of imide groups is 1. The van der Waals surface area contributed by atoms with Crippen molar-refractivity contribution in [3.63, 3.8) is 0 Å². The molecule has 0 aliphatic carbocycles. The molecule has 2 N–H and O–H groups in total. The Kier molecular flexibility index (Phi) is 6.74. The van der Waals surface area contributed by atoms with E-state index in [4.69, 9.17) is 0 Å². The summed E-state index contributed by atoms with van der Waals surface area (Å²) >= 11 is 1.20. The lowest BCUT2D eigenvalue weighted by atomic mass is 10.1. The predicted octanol–water partition coefficient (Wildman–Crippen LogP) is 2.78. The summed E-state index contributed by atoms with van der Waals surface area (Å²) in [5.74, 6) is -0.294. The molecule has 126 valence electrons. The second-order valence-electron chi connectivity index (χ2n) is 5.14. The smallest absolute Gasteiger partial charge is 0.321 e. The van der Waals surface area contributed by atoms with Gasteiger partial charge in [0.05, 0.1) is 11.4 Å². The van der Waals surface area contributed by atoms with E-state index in [0.717, 1.165) is 23.4 Å². The number of carbonyl (C=O) groups is 2. The van der Waals surface area contributed by atoms with E-state index in [-0.39, 0.29) is 11.7 Å². The number of aryl methyl sites for hydroxylation is 1. The van der Waals surface area contributed by atoms with Gasteiger partial charge in [-0.3, -0.25) is 10.1 Å². The van der Waals surface area contributed by atoms with E-state index in [2.05, 4.69) is 20.6 Å². The highest BCUT2D eigenvalue weighted by molar-refractivity contribution is 7.99. The molecule has 0 aliphatic heterocycles. The fraction of sp³-hybridized carbons (Fsp3) is 0.294. The Morgan fingerprint density at radius 1 is 1.17 bits per heavy atom. The van der Waals surface area contributed by atoms with Gasteiger partial charge < -0.3 is 5.32 Å². The van der Waals surface area contributed by atoms with Crippen LogP contribution in [0, 0.1) is 6.92 Å². The maximum atomic E-state index is 11.8. The minimum Gasteiger partial charge on any atom is -0.338 e. The van der Waals surface area contributed by atoms with Crippen LogP contribution in [0.2, 0.25) is 0 Å². The third kappa shape index (κ3) is 5.66. The Hall–Kier alpha value is -2.41. The fourth-order valence-electron chi connectivity index (χ4n) is 1.94. The third-order valence-corrected chi connectivity index (χ3v) is 3.87. The van der Waals surface area contributed by atoms with Crippen LogP contribution in [0.15, 0.2) is 41.6 Å². The first-order valence-corrected chi connectivity index (χ1v) is 8.68. The number of hydrogen-bond acceptors (Lipinski definition) is 5. The Bertz CT molecular complexity index is 707. The predicted molar refractivity (Wildman–Crippen MR) is 94.8 cm³/mol. The topological polar surface area (TPSA) is 84.0 Å². The highest BCUT2D eigenvalue weighted by Gasteiger charge is 2.10. The first kappa shape index (κ1) is 17.9. The van der Waals surface area contributed by atoms with Crippen molar-refractivity contribution in [2.45, 2.75) is 25.4 Å². The molecule has 0 saturated carbocycles. The summed E-state index contributed by atoms with van der Waals surface area (Å²) in [7, 11) is 0. The second-order valence-corrected chi connectivity index (χ2v) is 6.08. The molecule has 0 unspecified atom stereocenters. The zero-order valence-electron chi connectivity index (χ0n) is 13.7. The van der Waals surface area contributed by atoms with Gasteiger partial charge in [0.2, 0.25) is 5.91 Å². The van der Waals surface area contributed by atoms with E-state index >= 15 is 0 Å². The summed E-state index contributed by atoms with van der Waals surface area (Å²) in [6.45, 7) is 4.36. The van der Waals surface area contributed by atoms with Crippen LogP contribution in [-0.2, 0) is 4.79 Å². The van der Waals surface area contributed by atoms with Gasteiger partial charge in [0.1, 0.15) is 0 Å². The van der Waals surface area contributed by atoms with Crippen LogP contribution in [0.1, 0.15) is 19.0 Å². The van der Waals surface area contributed by atoms with E-state index in [1.807, 2.05) is 50.2 Å². The van der Waals surface area contributed by atoms with Crippen LogP contribution in [0.4, 0.5) is 4.79 Å². The first-order chi connectivity index (χ1) is 11.6. The Labute approximate surface area is 145 Å². The largest absolute Gasteiger partial charge is 0.338 e. The molecule has 6 nitrogen and oxygen atoms in total. The number of aromatic nitrogens is 2. The molecule has 0 fully saturated rings. The summed E-state index contributed by atoms with van der Waals surface area (Å²) in [4.78, 5) is 32.0. The molecule has 1 aromatic carbocycles.